The molecule has 2 N–H and O–H groups in total. The van der Waals surface area contributed by atoms with E-state index in [0.717, 1.165) is 0 Å². The molecular weight excluding hydrogens is 308 g/mol. The number of hydrogen-bond acceptors (Lipinski definition) is 8. The molecule has 0 spiro atoms. The molecule has 0 radical (unpaired) electrons. The van der Waals surface area contributed by atoms with E-state index < -0.39 is 5.97 Å². The lowest BCUT2D eigenvalue weighted by atomic mass is 10.3. The first kappa shape index (κ1) is 17.9. The van der Waals surface area contributed by atoms with Gasteiger partial charge in [0.05, 0.1) is 6.61 Å². The molecule has 9 heteroatoms. The lowest BCUT2D eigenvalue weighted by molar-refractivity contribution is -0.137. The van der Waals surface area contributed by atoms with Crippen molar-refractivity contribution in [2.45, 2.75) is 20.8 Å². The molecule has 122 valence electrons. The van der Waals surface area contributed by atoms with Gasteiger partial charge in [0, 0.05) is 18.5 Å². The average Bonchev–Trinajstić information content (AvgIpc) is 2.91. The van der Waals surface area contributed by atoms with Gasteiger partial charge < -0.3 is 20.2 Å². The smallest absolute Gasteiger partial charge is 0.362 e. The monoisotopic (exact) mass is 328 g/mol. The van der Waals surface area contributed by atoms with Gasteiger partial charge in [0.2, 0.25) is 5.71 Å². The van der Waals surface area contributed by atoms with Gasteiger partial charge in [-0.2, -0.15) is 0 Å². The average molecular weight is 328 g/mol. The SMILES string of the molecule is CCOC(=O)/C(=N/OCC(=O)N(CC)CC)c1csc(N)n1. The number of esters is 1. The van der Waals surface area contributed by atoms with Crippen molar-refractivity contribution in [2.24, 2.45) is 5.16 Å². The van der Waals surface area contributed by atoms with Crippen LogP contribution in [0.3, 0.4) is 0 Å². The second-order valence-electron chi connectivity index (χ2n) is 4.07. The first-order valence-electron chi connectivity index (χ1n) is 6.89. The van der Waals surface area contributed by atoms with E-state index in [2.05, 4.69) is 10.1 Å². The van der Waals surface area contributed by atoms with Crippen LogP contribution < -0.4 is 5.73 Å². The molecule has 8 nitrogen and oxygen atoms in total. The number of nitrogens with two attached hydrogens (primary N) is 1. The Morgan fingerprint density at radius 1 is 1.36 bits per heavy atom. The van der Waals surface area contributed by atoms with Gasteiger partial charge in [-0.1, -0.05) is 5.16 Å². The molecule has 0 saturated carbocycles. The number of likely N-dealkylation sites (N-methyl/N-ethyl adjacent to an activating group) is 1. The molecule has 0 bridgehead atoms. The lowest BCUT2D eigenvalue weighted by Gasteiger charge is -2.17. The van der Waals surface area contributed by atoms with Crippen LogP contribution in [0.15, 0.2) is 10.5 Å². The fraction of sp³-hybridized carbons (Fsp3) is 0.538. The molecule has 0 fully saturated rings. The Bertz CT molecular complexity index is 540. The maximum absolute atomic E-state index is 11.9. The molecule has 0 saturated heterocycles. The third-order valence-electron chi connectivity index (χ3n) is 2.69. The fourth-order valence-corrected chi connectivity index (χ4v) is 2.15. The van der Waals surface area contributed by atoms with Crippen LogP contribution in [-0.2, 0) is 19.2 Å². The maximum Gasteiger partial charge on any atom is 0.362 e. The number of oxime groups is 1. The fourth-order valence-electron chi connectivity index (χ4n) is 1.60. The summed E-state index contributed by atoms with van der Waals surface area (Å²) >= 11 is 1.17. The highest BCUT2D eigenvalue weighted by atomic mass is 32.1. The van der Waals surface area contributed by atoms with E-state index in [9.17, 15) is 9.59 Å². The first-order chi connectivity index (χ1) is 10.5. The summed E-state index contributed by atoms with van der Waals surface area (Å²) in [5.74, 6) is -0.891. The number of anilines is 1. The van der Waals surface area contributed by atoms with Crippen LogP contribution in [0, 0.1) is 0 Å². The van der Waals surface area contributed by atoms with Crippen LogP contribution in [0.4, 0.5) is 5.13 Å². The minimum atomic E-state index is -0.678. The standard InChI is InChI=1S/C13H20N4O4S/c1-4-17(5-2)10(18)7-21-16-11(12(19)20-6-3)9-8-22-13(14)15-9/h8H,4-7H2,1-3H3,(H2,14,15)/b16-11+. The van der Waals surface area contributed by atoms with Crippen molar-refractivity contribution in [3.8, 4) is 0 Å². The number of aromatic nitrogens is 1. The summed E-state index contributed by atoms with van der Waals surface area (Å²) in [5, 5.41) is 5.57. The summed E-state index contributed by atoms with van der Waals surface area (Å²) < 4.78 is 4.89. The molecule has 1 amide bonds. The third kappa shape index (κ3) is 4.99. The van der Waals surface area contributed by atoms with E-state index in [-0.39, 0.29) is 30.5 Å². The number of ether oxygens (including phenoxy) is 1. The maximum atomic E-state index is 11.9. The van der Waals surface area contributed by atoms with Crippen LogP contribution in [0.2, 0.25) is 0 Å². The van der Waals surface area contributed by atoms with Crippen molar-refractivity contribution in [1.82, 2.24) is 9.88 Å². The second-order valence-corrected chi connectivity index (χ2v) is 4.96. The lowest BCUT2D eigenvalue weighted by Crippen LogP contribution is -2.33. The van der Waals surface area contributed by atoms with Gasteiger partial charge in [0.1, 0.15) is 5.69 Å². The van der Waals surface area contributed by atoms with Crippen molar-refractivity contribution >= 4 is 34.1 Å². The number of rotatable bonds is 8. The van der Waals surface area contributed by atoms with Crippen molar-refractivity contribution in [3.05, 3.63) is 11.1 Å². The predicted octanol–water partition coefficient (Wildman–Crippen LogP) is 0.877. The van der Waals surface area contributed by atoms with Gasteiger partial charge in [-0.15, -0.1) is 11.3 Å². The van der Waals surface area contributed by atoms with Gasteiger partial charge >= 0.3 is 5.97 Å². The Kier molecular flexibility index (Phi) is 7.30. The van der Waals surface area contributed by atoms with Crippen molar-refractivity contribution in [1.29, 1.82) is 0 Å². The quantitative estimate of drug-likeness (QED) is 0.431. The number of nitrogens with zero attached hydrogens (tertiary/aromatic N) is 3. The van der Waals surface area contributed by atoms with Crippen molar-refractivity contribution in [3.63, 3.8) is 0 Å². The van der Waals surface area contributed by atoms with Gasteiger partial charge in [-0.3, -0.25) is 4.79 Å². The highest BCUT2D eigenvalue weighted by Gasteiger charge is 2.20. The highest BCUT2D eigenvalue weighted by molar-refractivity contribution is 7.13. The Hall–Kier alpha value is -2.16. The van der Waals surface area contributed by atoms with Crippen molar-refractivity contribution < 1.29 is 19.2 Å². The summed E-state index contributed by atoms with van der Waals surface area (Å²) in [6.45, 7) is 6.50. The van der Waals surface area contributed by atoms with Crippen LogP contribution in [-0.4, -0.2) is 53.8 Å². The third-order valence-corrected chi connectivity index (χ3v) is 3.37. The Morgan fingerprint density at radius 3 is 2.55 bits per heavy atom. The largest absolute Gasteiger partial charge is 0.461 e. The Balaban J connectivity index is 2.79. The van der Waals surface area contributed by atoms with E-state index in [1.807, 2.05) is 13.8 Å². The summed E-state index contributed by atoms with van der Waals surface area (Å²) in [6, 6.07) is 0. The molecule has 0 aliphatic carbocycles. The zero-order valence-electron chi connectivity index (χ0n) is 12.9. The molecule has 0 aromatic carbocycles. The molecule has 0 aliphatic heterocycles. The van der Waals surface area contributed by atoms with E-state index in [1.165, 1.54) is 11.3 Å². The topological polar surface area (TPSA) is 107 Å². The van der Waals surface area contributed by atoms with Gasteiger partial charge in [-0.25, -0.2) is 9.78 Å². The molecule has 0 aliphatic rings. The van der Waals surface area contributed by atoms with Crippen LogP contribution >= 0.6 is 11.3 Å². The number of hydrogen-bond donors (Lipinski definition) is 1. The van der Waals surface area contributed by atoms with Crippen LogP contribution in [0.25, 0.3) is 0 Å². The zero-order valence-corrected chi connectivity index (χ0v) is 13.7. The molecule has 1 heterocycles. The van der Waals surface area contributed by atoms with Gasteiger partial charge in [0.15, 0.2) is 11.7 Å². The molecule has 0 atom stereocenters. The number of carbonyl (C=O) groups excluding carboxylic acids is 2. The van der Waals surface area contributed by atoms with Gasteiger partial charge in [-0.05, 0) is 20.8 Å². The van der Waals surface area contributed by atoms with E-state index in [4.69, 9.17) is 15.3 Å². The molecular formula is C13H20N4O4S. The summed E-state index contributed by atoms with van der Waals surface area (Å²) in [6.07, 6.45) is 0. The predicted molar refractivity (Wildman–Crippen MR) is 83.6 cm³/mol. The number of nitrogen functional groups attached to an aromatic ring is 1. The van der Waals surface area contributed by atoms with E-state index >= 15 is 0 Å². The minimum absolute atomic E-state index is 0.109. The van der Waals surface area contributed by atoms with Crippen LogP contribution in [0.1, 0.15) is 26.5 Å². The Morgan fingerprint density at radius 2 is 2.05 bits per heavy atom. The summed E-state index contributed by atoms with van der Waals surface area (Å²) in [5.41, 5.74) is 5.69. The van der Waals surface area contributed by atoms with E-state index in [0.29, 0.717) is 18.2 Å². The first-order valence-corrected chi connectivity index (χ1v) is 7.77. The normalized spacial score (nSPS) is 11.1. The second kappa shape index (κ2) is 8.98. The highest BCUT2D eigenvalue weighted by Crippen LogP contribution is 2.13. The molecule has 1 aromatic rings. The van der Waals surface area contributed by atoms with E-state index in [1.54, 1.807) is 17.2 Å². The summed E-state index contributed by atoms with van der Waals surface area (Å²) in [7, 11) is 0. The number of amides is 1. The molecule has 22 heavy (non-hydrogen) atoms. The number of thiazole rings is 1. The molecule has 1 aromatic heterocycles. The van der Waals surface area contributed by atoms with Crippen molar-refractivity contribution in [2.75, 3.05) is 32.0 Å². The summed E-state index contributed by atoms with van der Waals surface area (Å²) in [4.78, 5) is 34.2. The minimum Gasteiger partial charge on any atom is -0.461 e. The molecule has 1 rings (SSSR count). The Labute approximate surface area is 132 Å². The van der Waals surface area contributed by atoms with Crippen LogP contribution in [0.5, 0.6) is 0 Å². The number of carbonyl (C=O) groups is 2. The zero-order chi connectivity index (χ0) is 16.5. The van der Waals surface area contributed by atoms with Gasteiger partial charge in [0.25, 0.3) is 5.91 Å². The molecule has 0 unspecified atom stereocenters.